The first-order valence-corrected chi connectivity index (χ1v) is 13.1. The van der Waals surface area contributed by atoms with Crippen LogP contribution in [0.3, 0.4) is 0 Å². The molecular weight excluding hydrogens is 631 g/mol. The first-order chi connectivity index (χ1) is 17.2. The summed E-state index contributed by atoms with van der Waals surface area (Å²) in [6.07, 6.45) is 0.432. The zero-order chi connectivity index (χ0) is 25.3. The molecule has 10 heteroatoms. The Hall–Kier alpha value is -2.78. The fraction of sp³-hybridized carbons (Fsp3) is 0.0769. The minimum atomic E-state index is 0.00401. The van der Waals surface area contributed by atoms with Crippen LogP contribution in [0.15, 0.2) is 51.4 Å². The molecule has 0 saturated carbocycles. The van der Waals surface area contributed by atoms with Crippen LogP contribution in [-0.2, 0) is 6.42 Å². The van der Waals surface area contributed by atoms with E-state index in [1.807, 2.05) is 31.2 Å². The molecule has 0 radical (unpaired) electrons. The lowest BCUT2D eigenvalue weighted by Gasteiger charge is -2.13. The quantitative estimate of drug-likeness (QED) is 0.186. The van der Waals surface area contributed by atoms with Gasteiger partial charge in [0.05, 0.1) is 32.1 Å². The highest BCUT2D eigenvalue weighted by atomic mass is 79.9. The van der Waals surface area contributed by atoms with E-state index < -0.39 is 0 Å². The van der Waals surface area contributed by atoms with E-state index in [0.29, 0.717) is 66.2 Å². The third-order valence-corrected chi connectivity index (χ3v) is 8.68. The molecule has 2 N–H and O–H groups in total. The van der Waals surface area contributed by atoms with Crippen LogP contribution in [0.2, 0.25) is 10.0 Å². The standard InChI is InChI=1S/C26H14Br2Cl2N4O2/c1-10-4-16-17(31-23-15(29)2-3-20(35)24(23)32-16)6-11(10)5-12-7-21(36)25-26(22(12)30)34-19-9-14(28)13(27)8-18(19)33-25/h2-4,6-9,35-36H,5H2,1H3. The van der Waals surface area contributed by atoms with E-state index in [1.165, 1.54) is 6.07 Å². The van der Waals surface area contributed by atoms with Gasteiger partial charge < -0.3 is 10.2 Å². The van der Waals surface area contributed by atoms with Crippen LogP contribution in [0.25, 0.3) is 44.1 Å². The summed E-state index contributed by atoms with van der Waals surface area (Å²) in [5, 5.41) is 21.8. The van der Waals surface area contributed by atoms with Crippen molar-refractivity contribution >= 4 is 99.2 Å². The second-order valence-electron chi connectivity index (χ2n) is 8.48. The first kappa shape index (κ1) is 23.6. The first-order valence-electron chi connectivity index (χ1n) is 10.7. The number of halogens is 4. The molecule has 0 amide bonds. The molecule has 0 aliphatic carbocycles. The van der Waals surface area contributed by atoms with Crippen molar-refractivity contribution in [2.24, 2.45) is 0 Å². The number of nitrogens with zero attached hydrogens (tertiary/aromatic N) is 4. The molecule has 0 spiro atoms. The summed E-state index contributed by atoms with van der Waals surface area (Å²) in [5.41, 5.74) is 6.75. The van der Waals surface area contributed by atoms with Crippen LogP contribution in [0.1, 0.15) is 16.7 Å². The van der Waals surface area contributed by atoms with Crippen molar-refractivity contribution in [3.8, 4) is 11.5 Å². The lowest BCUT2D eigenvalue weighted by molar-refractivity contribution is 0.479. The fourth-order valence-electron chi connectivity index (χ4n) is 4.26. The minimum Gasteiger partial charge on any atom is -0.506 e. The number of aromatic nitrogens is 4. The fourth-order valence-corrected chi connectivity index (χ4v) is 5.37. The van der Waals surface area contributed by atoms with Crippen molar-refractivity contribution in [2.45, 2.75) is 13.3 Å². The summed E-state index contributed by atoms with van der Waals surface area (Å²) < 4.78 is 1.68. The second kappa shape index (κ2) is 8.66. The molecule has 6 rings (SSSR count). The molecule has 0 aliphatic rings. The van der Waals surface area contributed by atoms with Gasteiger partial charge in [0, 0.05) is 8.95 Å². The van der Waals surface area contributed by atoms with Gasteiger partial charge in [-0.1, -0.05) is 23.2 Å². The van der Waals surface area contributed by atoms with E-state index in [-0.39, 0.29) is 11.5 Å². The maximum absolute atomic E-state index is 10.8. The number of aromatic hydroxyl groups is 2. The number of fused-ring (bicyclic) bond motifs is 4. The molecule has 2 aromatic heterocycles. The highest BCUT2D eigenvalue weighted by Crippen LogP contribution is 2.37. The van der Waals surface area contributed by atoms with Crippen LogP contribution < -0.4 is 0 Å². The van der Waals surface area contributed by atoms with Gasteiger partial charge in [-0.2, -0.15) is 0 Å². The zero-order valence-electron chi connectivity index (χ0n) is 18.4. The van der Waals surface area contributed by atoms with Crippen LogP contribution >= 0.6 is 55.1 Å². The SMILES string of the molecule is Cc1cc2nc3c(O)ccc(Cl)c3nc2cc1Cc1cc(O)c2nc3cc(Br)c(Br)cc3nc2c1Cl. The molecule has 6 aromatic rings. The number of aryl methyl sites for hydroxylation is 1. The number of rotatable bonds is 2. The van der Waals surface area contributed by atoms with Gasteiger partial charge in [0.25, 0.3) is 0 Å². The molecule has 6 nitrogen and oxygen atoms in total. The van der Waals surface area contributed by atoms with Crippen LogP contribution in [0.4, 0.5) is 0 Å². The Morgan fingerprint density at radius 2 is 1.22 bits per heavy atom. The third-order valence-electron chi connectivity index (χ3n) is 6.11. The second-order valence-corrected chi connectivity index (χ2v) is 11.0. The zero-order valence-corrected chi connectivity index (χ0v) is 23.1. The van der Waals surface area contributed by atoms with Gasteiger partial charge in [-0.3, -0.25) is 0 Å². The lowest BCUT2D eigenvalue weighted by Crippen LogP contribution is -1.98. The van der Waals surface area contributed by atoms with E-state index in [9.17, 15) is 10.2 Å². The van der Waals surface area contributed by atoms with Gasteiger partial charge in [0.15, 0.2) is 0 Å². The molecular formula is C26H14Br2Cl2N4O2. The predicted molar refractivity (Wildman–Crippen MR) is 150 cm³/mol. The van der Waals surface area contributed by atoms with Crippen LogP contribution in [0, 0.1) is 6.92 Å². The number of phenolic OH excluding ortho intramolecular Hbond substituents is 2. The average Bonchev–Trinajstić information content (AvgIpc) is 2.84. The molecule has 0 atom stereocenters. The van der Waals surface area contributed by atoms with Crippen molar-refractivity contribution < 1.29 is 10.2 Å². The van der Waals surface area contributed by atoms with E-state index >= 15 is 0 Å². The lowest BCUT2D eigenvalue weighted by atomic mass is 9.98. The third kappa shape index (κ3) is 3.84. The van der Waals surface area contributed by atoms with E-state index in [4.69, 9.17) is 28.2 Å². The Bertz CT molecular complexity index is 1910. The van der Waals surface area contributed by atoms with Crippen molar-refractivity contribution in [1.82, 2.24) is 19.9 Å². The summed E-state index contributed by atoms with van der Waals surface area (Å²) in [6.45, 7) is 1.97. The normalized spacial score (nSPS) is 11.8. The average molecular weight is 645 g/mol. The topological polar surface area (TPSA) is 92.0 Å². The Morgan fingerprint density at radius 1 is 0.667 bits per heavy atom. The highest BCUT2D eigenvalue weighted by Gasteiger charge is 2.17. The monoisotopic (exact) mass is 642 g/mol. The van der Waals surface area contributed by atoms with Crippen molar-refractivity contribution in [1.29, 1.82) is 0 Å². The van der Waals surface area contributed by atoms with Gasteiger partial charge >= 0.3 is 0 Å². The van der Waals surface area contributed by atoms with Gasteiger partial charge in [-0.05, 0) is 104 Å². The Kier molecular flexibility index (Phi) is 5.68. The number of phenols is 2. The molecule has 0 aliphatic heterocycles. The van der Waals surface area contributed by atoms with Crippen molar-refractivity contribution in [2.75, 3.05) is 0 Å². The molecule has 178 valence electrons. The number of benzene rings is 4. The molecule has 2 heterocycles. The summed E-state index contributed by atoms with van der Waals surface area (Å²) in [7, 11) is 0. The van der Waals surface area contributed by atoms with Crippen LogP contribution in [-0.4, -0.2) is 30.1 Å². The predicted octanol–water partition coefficient (Wildman–Crippen LogP) is 8.02. The summed E-state index contributed by atoms with van der Waals surface area (Å²) in [6, 6.07) is 12.3. The van der Waals surface area contributed by atoms with E-state index in [1.54, 1.807) is 12.1 Å². The molecule has 0 unspecified atom stereocenters. The molecule has 0 saturated heterocycles. The summed E-state index contributed by atoms with van der Waals surface area (Å²) >= 11 is 20.1. The van der Waals surface area contributed by atoms with Crippen LogP contribution in [0.5, 0.6) is 11.5 Å². The van der Waals surface area contributed by atoms with Crippen molar-refractivity contribution in [3.63, 3.8) is 0 Å². The van der Waals surface area contributed by atoms with Crippen molar-refractivity contribution in [3.05, 3.63) is 78.1 Å². The Balaban J connectivity index is 1.50. The van der Waals surface area contributed by atoms with E-state index in [2.05, 4.69) is 46.8 Å². The minimum absolute atomic E-state index is 0.00401. The number of hydrogen-bond donors (Lipinski definition) is 2. The molecule has 0 bridgehead atoms. The molecule has 0 fully saturated rings. The van der Waals surface area contributed by atoms with Gasteiger partial charge in [-0.25, -0.2) is 19.9 Å². The largest absolute Gasteiger partial charge is 0.506 e. The Morgan fingerprint density at radius 3 is 1.92 bits per heavy atom. The molecule has 36 heavy (non-hydrogen) atoms. The van der Waals surface area contributed by atoms with Gasteiger partial charge in [-0.15, -0.1) is 0 Å². The van der Waals surface area contributed by atoms with Gasteiger partial charge in [0.2, 0.25) is 0 Å². The number of hydrogen-bond acceptors (Lipinski definition) is 6. The highest BCUT2D eigenvalue weighted by molar-refractivity contribution is 9.13. The molecule has 4 aromatic carbocycles. The summed E-state index contributed by atoms with van der Waals surface area (Å²) in [5.74, 6) is 0.0290. The maximum Gasteiger partial charge on any atom is 0.143 e. The van der Waals surface area contributed by atoms with E-state index in [0.717, 1.165) is 20.1 Å². The van der Waals surface area contributed by atoms with Gasteiger partial charge in [0.1, 0.15) is 33.6 Å². The maximum atomic E-state index is 10.8. The summed E-state index contributed by atoms with van der Waals surface area (Å²) in [4.78, 5) is 18.5. The smallest absolute Gasteiger partial charge is 0.143 e. The Labute approximate surface area is 231 Å².